The molecule has 1 aromatic carbocycles. The molecule has 1 aromatic heterocycles. The maximum absolute atomic E-state index is 12.0. The SMILES string of the molecule is COCCN1C(=O)CS[C@@H]1c1cn(Cc2cccc(OC)c2)nn1. The number of hydrogen-bond acceptors (Lipinski definition) is 6. The Kier molecular flexibility index (Phi) is 5.37. The zero-order valence-corrected chi connectivity index (χ0v) is 14.5. The highest BCUT2D eigenvalue weighted by atomic mass is 32.2. The molecule has 0 spiro atoms. The molecule has 1 atom stereocenters. The van der Waals surface area contributed by atoms with Gasteiger partial charge in [-0.2, -0.15) is 0 Å². The van der Waals surface area contributed by atoms with Crippen molar-refractivity contribution in [1.82, 2.24) is 19.9 Å². The molecule has 1 aliphatic rings. The maximum atomic E-state index is 12.0. The average Bonchev–Trinajstić information content (AvgIpc) is 3.19. The van der Waals surface area contributed by atoms with Crippen molar-refractivity contribution in [1.29, 1.82) is 0 Å². The number of thioether (sulfide) groups is 1. The van der Waals surface area contributed by atoms with E-state index in [1.54, 1.807) is 35.6 Å². The van der Waals surface area contributed by atoms with E-state index in [0.29, 0.717) is 25.4 Å². The van der Waals surface area contributed by atoms with Crippen LogP contribution in [0.15, 0.2) is 30.5 Å². The van der Waals surface area contributed by atoms with Crippen molar-refractivity contribution in [3.8, 4) is 5.75 Å². The molecule has 7 nitrogen and oxygen atoms in total. The lowest BCUT2D eigenvalue weighted by Crippen LogP contribution is -2.31. The lowest BCUT2D eigenvalue weighted by Gasteiger charge is -2.21. The van der Waals surface area contributed by atoms with Crippen molar-refractivity contribution in [2.24, 2.45) is 0 Å². The third-order valence-electron chi connectivity index (χ3n) is 3.79. The molecule has 0 N–H and O–H groups in total. The molecule has 3 rings (SSSR count). The molecule has 128 valence electrons. The highest BCUT2D eigenvalue weighted by Gasteiger charge is 2.34. The van der Waals surface area contributed by atoms with Crippen LogP contribution in [0.3, 0.4) is 0 Å². The van der Waals surface area contributed by atoms with E-state index in [1.807, 2.05) is 30.5 Å². The van der Waals surface area contributed by atoms with Gasteiger partial charge < -0.3 is 14.4 Å². The topological polar surface area (TPSA) is 69.5 Å². The van der Waals surface area contributed by atoms with Crippen LogP contribution in [0.2, 0.25) is 0 Å². The van der Waals surface area contributed by atoms with E-state index in [4.69, 9.17) is 9.47 Å². The van der Waals surface area contributed by atoms with Crippen LogP contribution in [-0.2, 0) is 16.1 Å². The second-order valence-electron chi connectivity index (χ2n) is 5.44. The Morgan fingerprint density at radius 2 is 2.25 bits per heavy atom. The molecular weight excluding hydrogens is 328 g/mol. The maximum Gasteiger partial charge on any atom is 0.233 e. The Hall–Kier alpha value is -2.06. The van der Waals surface area contributed by atoms with Crippen LogP contribution in [0.5, 0.6) is 5.75 Å². The zero-order valence-electron chi connectivity index (χ0n) is 13.7. The number of aromatic nitrogens is 3. The van der Waals surface area contributed by atoms with E-state index in [9.17, 15) is 4.79 Å². The van der Waals surface area contributed by atoms with Crippen LogP contribution in [0.4, 0.5) is 0 Å². The van der Waals surface area contributed by atoms with Crippen LogP contribution in [0.25, 0.3) is 0 Å². The van der Waals surface area contributed by atoms with E-state index in [0.717, 1.165) is 17.0 Å². The van der Waals surface area contributed by atoms with E-state index < -0.39 is 0 Å². The van der Waals surface area contributed by atoms with Crippen molar-refractivity contribution in [3.05, 3.63) is 41.7 Å². The van der Waals surface area contributed by atoms with E-state index in [2.05, 4.69) is 10.3 Å². The van der Waals surface area contributed by atoms with Crippen molar-refractivity contribution >= 4 is 17.7 Å². The predicted molar refractivity (Wildman–Crippen MR) is 90.9 cm³/mol. The number of hydrogen-bond donors (Lipinski definition) is 0. The van der Waals surface area contributed by atoms with Gasteiger partial charge in [-0.15, -0.1) is 16.9 Å². The van der Waals surface area contributed by atoms with Crippen molar-refractivity contribution < 1.29 is 14.3 Å². The van der Waals surface area contributed by atoms with Gasteiger partial charge in [0, 0.05) is 13.7 Å². The van der Waals surface area contributed by atoms with Gasteiger partial charge in [0.05, 0.1) is 32.2 Å². The number of carbonyl (C=O) groups excluding carboxylic acids is 1. The summed E-state index contributed by atoms with van der Waals surface area (Å²) < 4.78 is 12.1. The summed E-state index contributed by atoms with van der Waals surface area (Å²) in [4.78, 5) is 13.8. The molecule has 0 unspecified atom stereocenters. The van der Waals surface area contributed by atoms with Crippen LogP contribution in [0, 0.1) is 0 Å². The van der Waals surface area contributed by atoms with Crippen molar-refractivity contribution in [3.63, 3.8) is 0 Å². The van der Waals surface area contributed by atoms with Gasteiger partial charge in [-0.25, -0.2) is 4.68 Å². The van der Waals surface area contributed by atoms with Crippen LogP contribution in [0.1, 0.15) is 16.6 Å². The molecule has 2 heterocycles. The van der Waals surface area contributed by atoms with Crippen molar-refractivity contribution in [2.45, 2.75) is 11.9 Å². The van der Waals surface area contributed by atoms with Gasteiger partial charge in [-0.1, -0.05) is 17.3 Å². The molecule has 0 aliphatic carbocycles. The number of amides is 1. The highest BCUT2D eigenvalue weighted by Crippen LogP contribution is 2.37. The molecule has 24 heavy (non-hydrogen) atoms. The number of benzene rings is 1. The smallest absolute Gasteiger partial charge is 0.233 e. The minimum absolute atomic E-state index is 0.0910. The fraction of sp³-hybridized carbons (Fsp3) is 0.438. The zero-order chi connectivity index (χ0) is 16.9. The lowest BCUT2D eigenvalue weighted by atomic mass is 10.2. The number of ether oxygens (including phenoxy) is 2. The second-order valence-corrected chi connectivity index (χ2v) is 6.50. The molecule has 8 heteroatoms. The van der Waals surface area contributed by atoms with Gasteiger partial charge in [0.15, 0.2) is 0 Å². The summed E-state index contributed by atoms with van der Waals surface area (Å²) in [5, 5.41) is 8.36. The summed E-state index contributed by atoms with van der Waals surface area (Å²) in [5.41, 5.74) is 1.88. The minimum Gasteiger partial charge on any atom is -0.497 e. The van der Waals surface area contributed by atoms with E-state index >= 15 is 0 Å². The highest BCUT2D eigenvalue weighted by molar-refractivity contribution is 8.00. The summed E-state index contributed by atoms with van der Waals surface area (Å²) in [6.45, 7) is 1.68. The standard InChI is InChI=1S/C16H20N4O3S/c1-22-7-6-20-15(21)11-24-16(20)14-10-19(18-17-14)9-12-4-3-5-13(8-12)23-2/h3-5,8,10,16H,6-7,9,11H2,1-2H3/t16-/m1/s1. The molecule has 1 fully saturated rings. The van der Waals surface area contributed by atoms with Crippen LogP contribution >= 0.6 is 11.8 Å². The summed E-state index contributed by atoms with van der Waals surface area (Å²) in [6.07, 6.45) is 1.90. The third-order valence-corrected chi connectivity index (χ3v) is 5.02. The van der Waals surface area contributed by atoms with E-state index in [-0.39, 0.29) is 11.3 Å². The van der Waals surface area contributed by atoms with Gasteiger partial charge in [-0.3, -0.25) is 4.79 Å². The average molecular weight is 348 g/mol. The normalized spacial score (nSPS) is 17.5. The lowest BCUT2D eigenvalue weighted by molar-refractivity contribution is -0.128. The second kappa shape index (κ2) is 7.67. The summed E-state index contributed by atoms with van der Waals surface area (Å²) >= 11 is 1.57. The first-order valence-electron chi connectivity index (χ1n) is 7.64. The molecular formula is C16H20N4O3S. The van der Waals surface area contributed by atoms with Crippen molar-refractivity contribution in [2.75, 3.05) is 33.1 Å². The minimum atomic E-state index is -0.0910. The molecule has 0 saturated carbocycles. The summed E-state index contributed by atoms with van der Waals surface area (Å²) in [5.74, 6) is 1.40. The van der Waals surface area contributed by atoms with Gasteiger partial charge in [-0.05, 0) is 17.7 Å². The quantitative estimate of drug-likeness (QED) is 0.756. The molecule has 1 amide bonds. The van der Waals surface area contributed by atoms with Crippen LogP contribution < -0.4 is 4.74 Å². The third kappa shape index (κ3) is 3.70. The number of methoxy groups -OCH3 is 2. The first-order valence-corrected chi connectivity index (χ1v) is 8.69. The Morgan fingerprint density at radius 3 is 3.04 bits per heavy atom. The number of carbonyl (C=O) groups is 1. The first-order chi connectivity index (χ1) is 11.7. The van der Waals surface area contributed by atoms with Gasteiger partial charge in [0.2, 0.25) is 5.91 Å². The molecule has 0 radical (unpaired) electrons. The molecule has 0 bridgehead atoms. The van der Waals surface area contributed by atoms with Crippen LogP contribution in [-0.4, -0.2) is 58.9 Å². The molecule has 1 aliphatic heterocycles. The van der Waals surface area contributed by atoms with Gasteiger partial charge in [0.1, 0.15) is 16.8 Å². The fourth-order valence-electron chi connectivity index (χ4n) is 2.59. The molecule has 1 saturated heterocycles. The monoisotopic (exact) mass is 348 g/mol. The molecule has 2 aromatic rings. The fourth-order valence-corrected chi connectivity index (χ4v) is 3.74. The predicted octanol–water partition coefficient (Wildman–Crippen LogP) is 1.56. The summed E-state index contributed by atoms with van der Waals surface area (Å²) in [6, 6.07) is 7.84. The van der Waals surface area contributed by atoms with Gasteiger partial charge >= 0.3 is 0 Å². The Labute approximate surface area is 144 Å². The van der Waals surface area contributed by atoms with Gasteiger partial charge in [0.25, 0.3) is 0 Å². The first kappa shape index (κ1) is 16.8. The summed E-state index contributed by atoms with van der Waals surface area (Å²) in [7, 11) is 3.28. The Bertz CT molecular complexity index is 706. The Balaban J connectivity index is 1.71. The Morgan fingerprint density at radius 1 is 1.38 bits per heavy atom. The number of nitrogens with zero attached hydrogens (tertiary/aromatic N) is 4. The van der Waals surface area contributed by atoms with E-state index in [1.165, 1.54) is 0 Å². The number of rotatable bonds is 7. The largest absolute Gasteiger partial charge is 0.497 e.